The second-order valence-electron chi connectivity index (χ2n) is 2.79. The molecule has 1 N–H and O–H groups in total. The molecular weight excluding hydrogens is 152 g/mol. The first-order valence-corrected chi connectivity index (χ1v) is 3.87. The fourth-order valence-electron chi connectivity index (χ4n) is 0.908. The van der Waals surface area contributed by atoms with Gasteiger partial charge in [-0.1, -0.05) is 0 Å². The summed E-state index contributed by atoms with van der Waals surface area (Å²) in [6.45, 7) is 0.781. The Kier molecular flexibility index (Phi) is 2.99. The fraction of sp³-hybridized carbons (Fsp3) is 0.500. The number of nitrogens with zero attached hydrogens (tertiary/aromatic N) is 3. The largest absolute Gasteiger partial charge is 0.363 e. The first-order valence-electron chi connectivity index (χ1n) is 3.87. The fourth-order valence-corrected chi connectivity index (χ4v) is 0.908. The Hall–Kier alpha value is -1.16. The van der Waals surface area contributed by atoms with Gasteiger partial charge >= 0.3 is 0 Å². The molecule has 0 radical (unpaired) electrons. The minimum atomic E-state index is 0.781. The van der Waals surface area contributed by atoms with Crippen LogP contribution in [0.15, 0.2) is 12.4 Å². The molecule has 0 aliphatic heterocycles. The summed E-state index contributed by atoms with van der Waals surface area (Å²) in [6, 6.07) is 1.97. The van der Waals surface area contributed by atoms with E-state index in [1.807, 2.05) is 32.1 Å². The summed E-state index contributed by atoms with van der Waals surface area (Å²) in [6.07, 6.45) is 1.59. The Morgan fingerprint density at radius 3 is 2.75 bits per heavy atom. The van der Waals surface area contributed by atoms with Crippen LogP contribution in [0.4, 0.5) is 5.82 Å². The van der Waals surface area contributed by atoms with Gasteiger partial charge in [-0.3, -0.25) is 0 Å². The Balaban J connectivity index is 2.81. The van der Waals surface area contributed by atoms with Crippen LogP contribution in [0.25, 0.3) is 0 Å². The maximum absolute atomic E-state index is 4.11. The molecule has 0 spiro atoms. The molecule has 0 amide bonds. The van der Waals surface area contributed by atoms with Crippen molar-refractivity contribution in [1.29, 1.82) is 0 Å². The Morgan fingerprint density at radius 1 is 1.42 bits per heavy atom. The molecule has 0 atom stereocenters. The highest BCUT2D eigenvalue weighted by atomic mass is 15.1. The van der Waals surface area contributed by atoms with Crippen molar-refractivity contribution in [1.82, 2.24) is 15.3 Å². The predicted octanol–water partition coefficient (Wildman–Crippen LogP) is 0.262. The maximum Gasteiger partial charge on any atom is 0.131 e. The van der Waals surface area contributed by atoms with Gasteiger partial charge in [-0.2, -0.15) is 0 Å². The monoisotopic (exact) mass is 166 g/mol. The Labute approximate surface area is 72.6 Å². The topological polar surface area (TPSA) is 41.0 Å². The summed E-state index contributed by atoms with van der Waals surface area (Å²) in [5.74, 6) is 0.940. The lowest BCUT2D eigenvalue weighted by atomic mass is 10.4. The van der Waals surface area contributed by atoms with E-state index in [1.54, 1.807) is 6.33 Å². The van der Waals surface area contributed by atoms with Gasteiger partial charge in [0.25, 0.3) is 0 Å². The van der Waals surface area contributed by atoms with Crippen LogP contribution in [0.1, 0.15) is 5.69 Å². The zero-order valence-corrected chi connectivity index (χ0v) is 7.70. The molecule has 1 aromatic heterocycles. The lowest BCUT2D eigenvalue weighted by Crippen LogP contribution is -2.13. The molecule has 12 heavy (non-hydrogen) atoms. The quantitative estimate of drug-likeness (QED) is 0.699. The molecule has 0 aliphatic rings. The molecule has 66 valence electrons. The summed E-state index contributed by atoms with van der Waals surface area (Å²) >= 11 is 0. The average molecular weight is 166 g/mol. The lowest BCUT2D eigenvalue weighted by molar-refractivity contribution is 0.784. The lowest BCUT2D eigenvalue weighted by Gasteiger charge is -2.11. The number of aromatic nitrogens is 2. The third-order valence-corrected chi connectivity index (χ3v) is 1.53. The van der Waals surface area contributed by atoms with Gasteiger partial charge in [-0.25, -0.2) is 9.97 Å². The highest BCUT2D eigenvalue weighted by Gasteiger charge is 1.98. The van der Waals surface area contributed by atoms with Gasteiger partial charge in [-0.15, -0.1) is 0 Å². The summed E-state index contributed by atoms with van der Waals surface area (Å²) in [7, 11) is 5.83. The van der Waals surface area contributed by atoms with Crippen molar-refractivity contribution < 1.29 is 0 Å². The van der Waals surface area contributed by atoms with Gasteiger partial charge < -0.3 is 10.2 Å². The number of nitrogens with one attached hydrogen (secondary N) is 1. The second-order valence-corrected chi connectivity index (χ2v) is 2.79. The molecule has 0 saturated carbocycles. The molecule has 1 aromatic rings. The third-order valence-electron chi connectivity index (χ3n) is 1.53. The van der Waals surface area contributed by atoms with Crippen LogP contribution in [0.2, 0.25) is 0 Å². The molecule has 0 aromatic carbocycles. The average Bonchev–Trinajstić information content (AvgIpc) is 2.05. The van der Waals surface area contributed by atoms with Gasteiger partial charge in [0, 0.05) is 26.7 Å². The van der Waals surface area contributed by atoms with Crippen LogP contribution in [-0.4, -0.2) is 31.1 Å². The molecule has 0 fully saturated rings. The summed E-state index contributed by atoms with van der Waals surface area (Å²) in [5, 5.41) is 3.04. The Bertz CT molecular complexity index is 247. The summed E-state index contributed by atoms with van der Waals surface area (Å²) in [5.41, 5.74) is 1.01. The van der Waals surface area contributed by atoms with Crippen molar-refractivity contribution in [3.05, 3.63) is 18.1 Å². The molecule has 4 nitrogen and oxygen atoms in total. The van der Waals surface area contributed by atoms with Crippen molar-refractivity contribution in [2.75, 3.05) is 26.0 Å². The van der Waals surface area contributed by atoms with Crippen LogP contribution in [0.3, 0.4) is 0 Å². The zero-order valence-electron chi connectivity index (χ0n) is 7.70. The van der Waals surface area contributed by atoms with Gasteiger partial charge in [0.05, 0.1) is 5.69 Å². The van der Waals surface area contributed by atoms with Crippen LogP contribution < -0.4 is 10.2 Å². The third kappa shape index (κ3) is 2.17. The smallest absolute Gasteiger partial charge is 0.131 e. The van der Waals surface area contributed by atoms with Gasteiger partial charge in [0.15, 0.2) is 0 Å². The van der Waals surface area contributed by atoms with Crippen LogP contribution in [0, 0.1) is 0 Å². The zero-order chi connectivity index (χ0) is 8.97. The SMILES string of the molecule is CNCc1cc(N(C)C)ncn1. The first kappa shape index (κ1) is 8.93. The normalized spacial score (nSPS) is 9.92. The minimum absolute atomic E-state index is 0.781. The number of rotatable bonds is 3. The number of anilines is 1. The van der Waals surface area contributed by atoms with E-state index in [2.05, 4.69) is 15.3 Å². The van der Waals surface area contributed by atoms with Crippen LogP contribution >= 0.6 is 0 Å². The van der Waals surface area contributed by atoms with E-state index in [0.29, 0.717) is 0 Å². The highest BCUT2D eigenvalue weighted by Crippen LogP contribution is 2.06. The first-order chi connectivity index (χ1) is 5.74. The standard InChI is InChI=1S/C8H14N4/c1-9-5-7-4-8(12(2)3)11-6-10-7/h4,6,9H,5H2,1-3H3. The van der Waals surface area contributed by atoms with Gasteiger partial charge in [0.2, 0.25) is 0 Å². The van der Waals surface area contributed by atoms with Crippen molar-refractivity contribution in [3.63, 3.8) is 0 Å². The minimum Gasteiger partial charge on any atom is -0.363 e. The van der Waals surface area contributed by atoms with E-state index in [4.69, 9.17) is 0 Å². The van der Waals surface area contributed by atoms with E-state index in [9.17, 15) is 0 Å². The summed E-state index contributed by atoms with van der Waals surface area (Å²) in [4.78, 5) is 10.2. The van der Waals surface area contributed by atoms with E-state index in [1.165, 1.54) is 0 Å². The predicted molar refractivity (Wildman–Crippen MR) is 49.1 cm³/mol. The second kappa shape index (κ2) is 4.01. The van der Waals surface area contributed by atoms with Gasteiger partial charge in [-0.05, 0) is 7.05 Å². The highest BCUT2D eigenvalue weighted by molar-refractivity contribution is 5.36. The molecule has 4 heteroatoms. The molecular formula is C8H14N4. The molecule has 1 heterocycles. The van der Waals surface area contributed by atoms with Crippen LogP contribution in [-0.2, 0) is 6.54 Å². The van der Waals surface area contributed by atoms with Crippen LogP contribution in [0.5, 0.6) is 0 Å². The van der Waals surface area contributed by atoms with E-state index < -0.39 is 0 Å². The maximum atomic E-state index is 4.11. The van der Waals surface area contributed by atoms with Crippen molar-refractivity contribution in [3.8, 4) is 0 Å². The molecule has 0 aliphatic carbocycles. The van der Waals surface area contributed by atoms with Crippen molar-refractivity contribution >= 4 is 5.82 Å². The molecule has 1 rings (SSSR count). The van der Waals surface area contributed by atoms with E-state index >= 15 is 0 Å². The molecule has 0 bridgehead atoms. The number of hydrogen-bond donors (Lipinski definition) is 1. The number of hydrogen-bond acceptors (Lipinski definition) is 4. The van der Waals surface area contributed by atoms with E-state index in [-0.39, 0.29) is 0 Å². The molecule has 0 unspecified atom stereocenters. The van der Waals surface area contributed by atoms with Crippen molar-refractivity contribution in [2.45, 2.75) is 6.54 Å². The summed E-state index contributed by atoms with van der Waals surface area (Å²) < 4.78 is 0. The molecule has 0 saturated heterocycles. The van der Waals surface area contributed by atoms with Crippen molar-refractivity contribution in [2.24, 2.45) is 0 Å². The Morgan fingerprint density at radius 2 is 2.17 bits per heavy atom. The van der Waals surface area contributed by atoms with E-state index in [0.717, 1.165) is 18.1 Å². The van der Waals surface area contributed by atoms with Gasteiger partial charge in [0.1, 0.15) is 12.1 Å².